The predicted octanol–water partition coefficient (Wildman–Crippen LogP) is 5.87. The summed E-state index contributed by atoms with van der Waals surface area (Å²) in [4.78, 5) is 42.1. The second kappa shape index (κ2) is 24.9. The Morgan fingerprint density at radius 1 is 0.641 bits per heavy atom. The summed E-state index contributed by atoms with van der Waals surface area (Å²) >= 11 is 0.149. The Kier molecular flexibility index (Phi) is 22.7. The van der Waals surface area contributed by atoms with Crippen molar-refractivity contribution in [3.05, 3.63) is 96.1 Å². The Bertz CT molecular complexity index is 923. The molecule has 210 valence electrons. The smallest absolute Gasteiger partial charge is 0.331 e. The molecular weight excluding hydrogens is 607 g/mol. The molecule has 2 aromatic rings. The van der Waals surface area contributed by atoms with Gasteiger partial charge in [0.2, 0.25) is 0 Å². The number of carboxylic acid groups (broad SMARTS) is 2. The summed E-state index contributed by atoms with van der Waals surface area (Å²) in [5.74, 6) is -3.68. The first-order chi connectivity index (χ1) is 18.8. The van der Waals surface area contributed by atoms with E-state index in [9.17, 15) is 19.2 Å². The van der Waals surface area contributed by atoms with Crippen LogP contribution in [0.4, 0.5) is 0 Å². The summed E-state index contributed by atoms with van der Waals surface area (Å²) in [6.07, 6.45) is 9.09. The van der Waals surface area contributed by atoms with E-state index >= 15 is 0 Å². The Balaban J connectivity index is 0.000000576. The number of carbonyl (C=O) groups is 4. The maximum atomic E-state index is 10.9. The third-order valence-electron chi connectivity index (χ3n) is 4.59. The molecule has 2 rings (SSSR count). The molecule has 0 aliphatic carbocycles. The van der Waals surface area contributed by atoms with Gasteiger partial charge in [-0.3, -0.25) is 0 Å². The SMILES string of the molecule is CCC[CH2][Sn][CH2]CCC.O=C(O)/C=C\C(=O)OCc1ccccc1.O=C(O)/C=C\C(=O)OCc1ccccc1. The molecule has 0 amide bonds. The van der Waals surface area contributed by atoms with Crippen LogP contribution < -0.4 is 0 Å². The predicted molar refractivity (Wildman–Crippen MR) is 151 cm³/mol. The van der Waals surface area contributed by atoms with Gasteiger partial charge in [-0.2, -0.15) is 0 Å². The summed E-state index contributed by atoms with van der Waals surface area (Å²) < 4.78 is 12.8. The van der Waals surface area contributed by atoms with E-state index in [4.69, 9.17) is 19.7 Å². The molecule has 0 unspecified atom stereocenters. The van der Waals surface area contributed by atoms with Gasteiger partial charge in [0.25, 0.3) is 0 Å². The molecule has 2 N–H and O–H groups in total. The van der Waals surface area contributed by atoms with Gasteiger partial charge in [0.05, 0.1) is 0 Å². The second-order valence-corrected chi connectivity index (χ2v) is 12.3. The zero-order chi connectivity index (χ0) is 29.1. The van der Waals surface area contributed by atoms with Crippen LogP contribution in [0.15, 0.2) is 85.0 Å². The third-order valence-corrected chi connectivity index (χ3v) is 8.62. The van der Waals surface area contributed by atoms with Crippen LogP contribution in [0.3, 0.4) is 0 Å². The number of benzene rings is 2. The molecule has 0 aliphatic rings. The Morgan fingerprint density at radius 2 is 1.00 bits per heavy atom. The van der Waals surface area contributed by atoms with Crippen molar-refractivity contribution in [2.24, 2.45) is 0 Å². The second-order valence-electron chi connectivity index (χ2n) is 7.99. The van der Waals surface area contributed by atoms with E-state index < -0.39 is 23.9 Å². The molecule has 0 aliphatic heterocycles. The number of rotatable bonds is 14. The zero-order valence-electron chi connectivity index (χ0n) is 22.6. The number of hydrogen-bond donors (Lipinski definition) is 2. The van der Waals surface area contributed by atoms with Crippen LogP contribution in [-0.2, 0) is 41.9 Å². The van der Waals surface area contributed by atoms with Gasteiger partial charge in [0.15, 0.2) is 0 Å². The van der Waals surface area contributed by atoms with Gasteiger partial charge in [0.1, 0.15) is 13.2 Å². The molecule has 9 heteroatoms. The van der Waals surface area contributed by atoms with Crippen molar-refractivity contribution in [2.45, 2.75) is 61.6 Å². The minimum Gasteiger partial charge on any atom is -0.478 e. The number of unbranched alkanes of at least 4 members (excludes halogenated alkanes) is 2. The van der Waals surface area contributed by atoms with Gasteiger partial charge < -0.3 is 19.7 Å². The molecular formula is C30H38O8Sn. The van der Waals surface area contributed by atoms with Gasteiger partial charge in [-0.25, -0.2) is 19.2 Å². The monoisotopic (exact) mass is 646 g/mol. The standard InChI is InChI=1S/2C11H10O4.2C4H9.Sn/c2*12-10(13)6-7-11(14)15-8-9-4-2-1-3-5-9;2*1-3-4-2;/h2*1-7H,8H2,(H,12,13);2*1,3-4H2,2H3;/b2*7-6-;;;. The van der Waals surface area contributed by atoms with Crippen molar-refractivity contribution in [3.8, 4) is 0 Å². The molecule has 0 fully saturated rings. The fourth-order valence-electron chi connectivity index (χ4n) is 2.56. The molecule has 0 spiro atoms. The van der Waals surface area contributed by atoms with Gasteiger partial charge in [-0.15, -0.1) is 0 Å². The molecule has 0 heterocycles. The molecule has 0 bridgehead atoms. The number of esters is 2. The van der Waals surface area contributed by atoms with Crippen molar-refractivity contribution in [2.75, 3.05) is 0 Å². The zero-order valence-corrected chi connectivity index (χ0v) is 25.4. The van der Waals surface area contributed by atoms with E-state index in [1.165, 1.54) is 25.7 Å². The topological polar surface area (TPSA) is 127 Å². The van der Waals surface area contributed by atoms with Crippen molar-refractivity contribution in [3.63, 3.8) is 0 Å². The summed E-state index contributed by atoms with van der Waals surface area (Å²) in [6.45, 7) is 4.87. The quantitative estimate of drug-likeness (QED) is 0.113. The largest absolute Gasteiger partial charge is 0.478 e. The average molecular weight is 645 g/mol. The van der Waals surface area contributed by atoms with Gasteiger partial charge >= 0.3 is 93.4 Å². The first kappa shape index (κ1) is 35.6. The molecule has 0 saturated heterocycles. The molecule has 2 aromatic carbocycles. The molecule has 0 atom stereocenters. The molecule has 0 aromatic heterocycles. The van der Waals surface area contributed by atoms with Crippen molar-refractivity contribution >= 4 is 45.0 Å². The van der Waals surface area contributed by atoms with Gasteiger partial charge in [-0.1, -0.05) is 60.7 Å². The normalized spacial score (nSPS) is 10.1. The fourth-order valence-corrected chi connectivity index (χ4v) is 6.72. The molecule has 39 heavy (non-hydrogen) atoms. The minimum atomic E-state index is -1.17. The van der Waals surface area contributed by atoms with Crippen LogP contribution in [0.1, 0.15) is 50.7 Å². The summed E-state index contributed by atoms with van der Waals surface area (Å²) in [5, 5.41) is 16.5. The van der Waals surface area contributed by atoms with Gasteiger partial charge in [-0.05, 0) is 11.1 Å². The minimum absolute atomic E-state index is 0.142. The van der Waals surface area contributed by atoms with Crippen LogP contribution in [-0.4, -0.2) is 55.2 Å². The van der Waals surface area contributed by atoms with Crippen molar-refractivity contribution in [1.82, 2.24) is 0 Å². The fraction of sp³-hybridized carbons (Fsp3) is 0.333. The number of ether oxygens (including phenoxy) is 2. The van der Waals surface area contributed by atoms with E-state index in [1.54, 1.807) is 8.87 Å². The van der Waals surface area contributed by atoms with Crippen LogP contribution in [0.2, 0.25) is 8.87 Å². The van der Waals surface area contributed by atoms with E-state index in [0.717, 1.165) is 35.4 Å². The van der Waals surface area contributed by atoms with Crippen molar-refractivity contribution < 1.29 is 38.9 Å². The molecule has 0 saturated carbocycles. The number of aliphatic carboxylic acids is 2. The third kappa shape index (κ3) is 24.7. The first-order valence-corrected chi connectivity index (χ1v) is 16.8. The average Bonchev–Trinajstić information content (AvgIpc) is 2.94. The van der Waals surface area contributed by atoms with E-state index in [-0.39, 0.29) is 34.4 Å². The number of carbonyl (C=O) groups excluding carboxylic acids is 2. The van der Waals surface area contributed by atoms with E-state index in [2.05, 4.69) is 13.8 Å². The number of carboxylic acids is 2. The van der Waals surface area contributed by atoms with Crippen LogP contribution in [0.5, 0.6) is 0 Å². The summed E-state index contributed by atoms with van der Waals surface area (Å²) in [6, 6.07) is 18.3. The van der Waals surface area contributed by atoms with Crippen LogP contribution >= 0.6 is 0 Å². The molecule has 8 nitrogen and oxygen atoms in total. The van der Waals surface area contributed by atoms with E-state index in [1.807, 2.05) is 60.7 Å². The van der Waals surface area contributed by atoms with Gasteiger partial charge in [0, 0.05) is 24.3 Å². The first-order valence-electron chi connectivity index (χ1n) is 12.7. The summed E-state index contributed by atoms with van der Waals surface area (Å²) in [5.41, 5.74) is 1.71. The Labute approximate surface area is 240 Å². The Hall–Kier alpha value is -3.40. The van der Waals surface area contributed by atoms with E-state index in [0.29, 0.717) is 0 Å². The van der Waals surface area contributed by atoms with Crippen LogP contribution in [0, 0.1) is 0 Å². The van der Waals surface area contributed by atoms with Crippen molar-refractivity contribution in [1.29, 1.82) is 0 Å². The maximum absolute atomic E-state index is 10.9. The summed E-state index contributed by atoms with van der Waals surface area (Å²) in [7, 11) is 0. The molecule has 2 radical (unpaired) electrons. The maximum Gasteiger partial charge on any atom is 0.331 e. The Morgan fingerprint density at radius 3 is 1.31 bits per heavy atom. The number of hydrogen-bond acceptors (Lipinski definition) is 6. The van der Waals surface area contributed by atoms with Crippen LogP contribution in [0.25, 0.3) is 0 Å².